The van der Waals surface area contributed by atoms with E-state index in [-0.39, 0.29) is 30.0 Å². The summed E-state index contributed by atoms with van der Waals surface area (Å²) in [5, 5.41) is 3.61. The second kappa shape index (κ2) is 7.42. The first-order valence-corrected chi connectivity index (χ1v) is 11.0. The standard InChI is InChI=1S/C21H20BrClN4O3/c22-11-1-5-17-14(7-11)21(10-29-20(24)27-21)15-8-13(3-6-18(15)30-17)26-19(28)16-4-2-12(23)9-25-16/h1-2,4-5,7,9,13,15,18H,3,6,8,10H2,(H2,24,27)(H,26,28)/t13-,15-,18-,21+/m1/s1. The number of rotatable bonds is 2. The number of hydrogen-bond donors (Lipinski definition) is 2. The summed E-state index contributed by atoms with van der Waals surface area (Å²) in [6, 6.07) is 9.39. The van der Waals surface area contributed by atoms with E-state index in [0.717, 1.165) is 28.6 Å². The minimum Gasteiger partial charge on any atom is -0.490 e. The average molecular weight is 492 g/mol. The van der Waals surface area contributed by atoms with Crippen molar-refractivity contribution in [1.82, 2.24) is 10.3 Å². The first-order valence-electron chi connectivity index (χ1n) is 9.82. The predicted octanol–water partition coefficient (Wildman–Crippen LogP) is 3.40. The highest BCUT2D eigenvalue weighted by atomic mass is 79.9. The number of aliphatic imine (C=N–C) groups is 1. The highest BCUT2D eigenvalue weighted by Crippen LogP contribution is 2.52. The summed E-state index contributed by atoms with van der Waals surface area (Å²) >= 11 is 9.42. The molecule has 1 fully saturated rings. The molecule has 3 aliphatic rings. The summed E-state index contributed by atoms with van der Waals surface area (Å²) < 4.78 is 12.9. The molecular formula is C21H20BrClN4O3. The van der Waals surface area contributed by atoms with Crippen molar-refractivity contribution in [1.29, 1.82) is 0 Å². The van der Waals surface area contributed by atoms with Gasteiger partial charge in [-0.3, -0.25) is 4.79 Å². The first-order chi connectivity index (χ1) is 14.4. The molecule has 156 valence electrons. The second-order valence-corrected chi connectivity index (χ2v) is 9.26. The lowest BCUT2D eigenvalue weighted by atomic mass is 9.67. The van der Waals surface area contributed by atoms with E-state index in [1.165, 1.54) is 6.20 Å². The number of carbonyl (C=O) groups excluding carboxylic acids is 1. The van der Waals surface area contributed by atoms with Crippen molar-refractivity contribution in [2.75, 3.05) is 6.61 Å². The van der Waals surface area contributed by atoms with Gasteiger partial charge in [0.25, 0.3) is 11.9 Å². The van der Waals surface area contributed by atoms with E-state index in [1.807, 2.05) is 18.2 Å². The van der Waals surface area contributed by atoms with Crippen LogP contribution < -0.4 is 15.8 Å². The number of aromatic nitrogens is 1. The molecule has 0 bridgehead atoms. The van der Waals surface area contributed by atoms with Crippen LogP contribution in [0.25, 0.3) is 0 Å². The zero-order chi connectivity index (χ0) is 20.9. The molecule has 1 saturated carbocycles. The van der Waals surface area contributed by atoms with Gasteiger partial charge in [-0.25, -0.2) is 9.98 Å². The molecule has 2 aliphatic heterocycles. The van der Waals surface area contributed by atoms with Crippen LogP contribution in [0.5, 0.6) is 5.75 Å². The second-order valence-electron chi connectivity index (χ2n) is 7.91. The zero-order valence-electron chi connectivity index (χ0n) is 16.0. The topological polar surface area (TPSA) is 98.8 Å². The summed E-state index contributed by atoms with van der Waals surface area (Å²) in [5.41, 5.74) is 6.64. The molecule has 2 aromatic rings. The lowest BCUT2D eigenvalue weighted by molar-refractivity contribution is -0.00194. The highest BCUT2D eigenvalue weighted by Gasteiger charge is 2.55. The number of benzene rings is 1. The monoisotopic (exact) mass is 490 g/mol. The van der Waals surface area contributed by atoms with Crippen molar-refractivity contribution in [3.05, 3.63) is 57.3 Å². The molecule has 5 rings (SSSR count). The molecule has 9 heteroatoms. The van der Waals surface area contributed by atoms with Crippen molar-refractivity contribution >= 4 is 39.5 Å². The molecule has 1 spiro atoms. The van der Waals surface area contributed by atoms with Gasteiger partial charge in [-0.1, -0.05) is 27.5 Å². The van der Waals surface area contributed by atoms with E-state index in [0.29, 0.717) is 23.7 Å². The average Bonchev–Trinajstić information content (AvgIpc) is 3.12. The number of pyridine rings is 1. The fraction of sp³-hybridized carbons (Fsp3) is 0.381. The number of fused-ring (bicyclic) bond motifs is 4. The fourth-order valence-corrected chi connectivity index (χ4v) is 5.24. The molecule has 3 N–H and O–H groups in total. The summed E-state index contributed by atoms with van der Waals surface area (Å²) in [7, 11) is 0. The van der Waals surface area contributed by atoms with Crippen LogP contribution in [0.3, 0.4) is 0 Å². The summed E-state index contributed by atoms with van der Waals surface area (Å²) in [6.45, 7) is 0.367. The van der Waals surface area contributed by atoms with Crippen LogP contribution in [0.1, 0.15) is 35.3 Å². The van der Waals surface area contributed by atoms with Crippen molar-refractivity contribution in [3.63, 3.8) is 0 Å². The maximum absolute atomic E-state index is 12.7. The Hall–Kier alpha value is -2.32. The molecule has 0 radical (unpaired) electrons. The first kappa shape index (κ1) is 19.6. The van der Waals surface area contributed by atoms with E-state index in [4.69, 9.17) is 31.8 Å². The van der Waals surface area contributed by atoms with Crippen molar-refractivity contribution < 1.29 is 14.3 Å². The Morgan fingerprint density at radius 3 is 2.90 bits per heavy atom. The molecule has 1 aliphatic carbocycles. The molecule has 1 amide bonds. The van der Waals surface area contributed by atoms with E-state index >= 15 is 0 Å². The molecule has 0 saturated heterocycles. The van der Waals surface area contributed by atoms with Crippen LogP contribution >= 0.6 is 27.5 Å². The fourth-order valence-electron chi connectivity index (χ4n) is 4.77. The molecule has 1 aromatic heterocycles. The minimum absolute atomic E-state index is 0.0151. The maximum Gasteiger partial charge on any atom is 0.283 e. The number of halogens is 2. The number of amidine groups is 1. The zero-order valence-corrected chi connectivity index (χ0v) is 18.3. The van der Waals surface area contributed by atoms with E-state index in [1.54, 1.807) is 12.1 Å². The largest absolute Gasteiger partial charge is 0.490 e. The number of hydrogen-bond acceptors (Lipinski definition) is 6. The molecule has 4 atom stereocenters. The number of nitrogens with two attached hydrogens (primary N) is 1. The minimum atomic E-state index is -0.617. The van der Waals surface area contributed by atoms with Crippen LogP contribution in [0.4, 0.5) is 0 Å². The van der Waals surface area contributed by atoms with Crippen LogP contribution in [0.2, 0.25) is 5.02 Å². The molecule has 30 heavy (non-hydrogen) atoms. The normalized spacial score (nSPS) is 29.3. The van der Waals surface area contributed by atoms with Gasteiger partial charge < -0.3 is 20.5 Å². The Bertz CT molecular complexity index is 1030. The molecule has 7 nitrogen and oxygen atoms in total. The maximum atomic E-state index is 12.7. The molecule has 3 heterocycles. The Labute approximate surface area is 187 Å². The van der Waals surface area contributed by atoms with Gasteiger partial charge in [-0.05, 0) is 49.6 Å². The van der Waals surface area contributed by atoms with Gasteiger partial charge in [0.2, 0.25) is 0 Å². The Morgan fingerprint density at radius 1 is 1.30 bits per heavy atom. The number of nitrogens with one attached hydrogen (secondary N) is 1. The van der Waals surface area contributed by atoms with Crippen molar-refractivity contribution in [3.8, 4) is 5.75 Å². The third kappa shape index (κ3) is 3.32. The summed E-state index contributed by atoms with van der Waals surface area (Å²) in [4.78, 5) is 21.5. The van der Waals surface area contributed by atoms with Crippen molar-refractivity contribution in [2.24, 2.45) is 16.6 Å². The Kier molecular flexibility index (Phi) is 4.86. The summed E-state index contributed by atoms with van der Waals surface area (Å²) in [5.74, 6) is 0.627. The van der Waals surface area contributed by atoms with Gasteiger partial charge in [0.05, 0.1) is 5.02 Å². The van der Waals surface area contributed by atoms with Crippen LogP contribution in [-0.2, 0) is 10.3 Å². The smallest absolute Gasteiger partial charge is 0.283 e. The third-order valence-electron chi connectivity index (χ3n) is 6.13. The van der Waals surface area contributed by atoms with E-state index in [9.17, 15) is 4.79 Å². The van der Waals surface area contributed by atoms with Gasteiger partial charge in [0.15, 0.2) is 0 Å². The van der Waals surface area contributed by atoms with Crippen LogP contribution in [-0.4, -0.2) is 35.7 Å². The van der Waals surface area contributed by atoms with Crippen LogP contribution in [0, 0.1) is 5.92 Å². The highest BCUT2D eigenvalue weighted by molar-refractivity contribution is 9.10. The van der Waals surface area contributed by atoms with Gasteiger partial charge in [0.1, 0.15) is 29.7 Å². The van der Waals surface area contributed by atoms with Crippen molar-refractivity contribution in [2.45, 2.75) is 36.9 Å². The van der Waals surface area contributed by atoms with E-state index < -0.39 is 5.54 Å². The SMILES string of the molecule is NC1=N[C@@]2(CO1)c1cc(Br)ccc1O[C@@H]1CC[C@@H](NC(=O)c3ccc(Cl)cn3)C[C@H]12. The third-order valence-corrected chi connectivity index (χ3v) is 6.85. The predicted molar refractivity (Wildman–Crippen MR) is 116 cm³/mol. The number of ether oxygens (including phenoxy) is 2. The lowest BCUT2D eigenvalue weighted by Crippen LogP contribution is -2.54. The van der Waals surface area contributed by atoms with E-state index in [2.05, 4.69) is 26.2 Å². The van der Waals surface area contributed by atoms with Gasteiger partial charge in [-0.2, -0.15) is 0 Å². The number of amides is 1. The molecule has 0 unspecified atom stereocenters. The van der Waals surface area contributed by atoms with Gasteiger partial charge in [0, 0.05) is 28.2 Å². The Morgan fingerprint density at radius 2 is 2.17 bits per heavy atom. The number of carbonyl (C=O) groups is 1. The quantitative estimate of drug-likeness (QED) is 0.671. The van der Waals surface area contributed by atoms with Gasteiger partial charge >= 0.3 is 0 Å². The number of nitrogens with zero attached hydrogens (tertiary/aromatic N) is 2. The molecular weight excluding hydrogens is 472 g/mol. The molecule has 1 aromatic carbocycles. The lowest BCUT2D eigenvalue weighted by Gasteiger charge is -2.48. The van der Waals surface area contributed by atoms with Crippen LogP contribution in [0.15, 0.2) is 46.0 Å². The summed E-state index contributed by atoms with van der Waals surface area (Å²) in [6.07, 6.45) is 3.77. The Balaban J connectivity index is 1.43. The van der Waals surface area contributed by atoms with Gasteiger partial charge in [-0.15, -0.1) is 0 Å².